The molecule has 1 heterocycles. The Bertz CT molecular complexity index is 333. The van der Waals surface area contributed by atoms with E-state index >= 15 is 0 Å². The van der Waals surface area contributed by atoms with E-state index in [1.165, 1.54) is 16.7 Å². The molecule has 3 N–H and O–H groups in total. The van der Waals surface area contributed by atoms with Crippen molar-refractivity contribution in [2.75, 3.05) is 0 Å². The molecular weight excluding hydrogens is 186 g/mol. The van der Waals surface area contributed by atoms with Crippen molar-refractivity contribution in [1.29, 1.82) is 0 Å². The van der Waals surface area contributed by atoms with Gasteiger partial charge in [0.05, 0.1) is 0 Å². The fourth-order valence-electron chi connectivity index (χ4n) is 1.59. The lowest BCUT2D eigenvalue weighted by atomic mass is 9.98. The highest BCUT2D eigenvalue weighted by Crippen LogP contribution is 2.21. The van der Waals surface area contributed by atoms with Crippen LogP contribution in [0.3, 0.4) is 0 Å². The van der Waals surface area contributed by atoms with Gasteiger partial charge in [-0.2, -0.15) is 0 Å². The van der Waals surface area contributed by atoms with Crippen molar-refractivity contribution < 1.29 is 0 Å². The molecule has 0 aliphatic carbocycles. The second-order valence-corrected chi connectivity index (χ2v) is 3.95. The number of rotatable bonds is 5. The normalized spacial score (nSPS) is 12.5. The van der Waals surface area contributed by atoms with Gasteiger partial charge in [-0.3, -0.25) is 16.3 Å². The van der Waals surface area contributed by atoms with Crippen molar-refractivity contribution in [2.24, 2.45) is 5.84 Å². The van der Waals surface area contributed by atoms with E-state index in [0.717, 1.165) is 12.8 Å². The molecule has 0 radical (unpaired) electrons. The summed E-state index contributed by atoms with van der Waals surface area (Å²) in [5.41, 5.74) is 6.41. The number of pyridine rings is 1. The molecule has 0 saturated heterocycles. The standard InChI is InChI=1S/C12H19N3/c1-9(2)4-5-12(15-13)11-6-7-14-8-10(11)3/h6-8,12,15H,1,4-5,13H2,2-3H3. The molecule has 82 valence electrons. The molecule has 0 amide bonds. The number of nitrogens with two attached hydrogens (primary N) is 1. The van der Waals surface area contributed by atoms with Crippen LogP contribution < -0.4 is 11.3 Å². The summed E-state index contributed by atoms with van der Waals surface area (Å²) in [7, 11) is 0. The summed E-state index contributed by atoms with van der Waals surface area (Å²) in [6.07, 6.45) is 5.61. The molecular formula is C12H19N3. The van der Waals surface area contributed by atoms with Gasteiger partial charge in [-0.05, 0) is 43.9 Å². The lowest BCUT2D eigenvalue weighted by molar-refractivity contribution is 0.513. The molecule has 0 bridgehead atoms. The predicted octanol–water partition coefficient (Wildman–Crippen LogP) is 2.25. The van der Waals surface area contributed by atoms with Crippen LogP contribution >= 0.6 is 0 Å². The van der Waals surface area contributed by atoms with Gasteiger partial charge in [-0.1, -0.05) is 5.57 Å². The van der Waals surface area contributed by atoms with Gasteiger partial charge in [0.2, 0.25) is 0 Å². The molecule has 0 aliphatic rings. The van der Waals surface area contributed by atoms with E-state index in [2.05, 4.69) is 17.0 Å². The van der Waals surface area contributed by atoms with Crippen LogP contribution in [-0.2, 0) is 0 Å². The van der Waals surface area contributed by atoms with E-state index in [1.54, 1.807) is 6.20 Å². The lowest BCUT2D eigenvalue weighted by Crippen LogP contribution is -2.28. The molecule has 0 spiro atoms. The Hall–Kier alpha value is -1.19. The number of nitrogens with zero attached hydrogens (tertiary/aromatic N) is 1. The van der Waals surface area contributed by atoms with Crippen molar-refractivity contribution in [3.63, 3.8) is 0 Å². The molecule has 0 saturated carbocycles. The quantitative estimate of drug-likeness (QED) is 0.440. The topological polar surface area (TPSA) is 50.9 Å². The number of hydrogen-bond donors (Lipinski definition) is 2. The first-order chi connectivity index (χ1) is 7.15. The van der Waals surface area contributed by atoms with E-state index in [1.807, 2.05) is 26.1 Å². The summed E-state index contributed by atoms with van der Waals surface area (Å²) < 4.78 is 0. The van der Waals surface area contributed by atoms with Crippen molar-refractivity contribution in [1.82, 2.24) is 10.4 Å². The van der Waals surface area contributed by atoms with Gasteiger partial charge >= 0.3 is 0 Å². The summed E-state index contributed by atoms with van der Waals surface area (Å²) in [6, 6.07) is 2.20. The zero-order valence-corrected chi connectivity index (χ0v) is 9.46. The fraction of sp³-hybridized carbons (Fsp3) is 0.417. The average Bonchev–Trinajstić information content (AvgIpc) is 2.21. The predicted molar refractivity (Wildman–Crippen MR) is 63.1 cm³/mol. The Morgan fingerprint density at radius 3 is 2.93 bits per heavy atom. The Morgan fingerprint density at radius 2 is 2.40 bits per heavy atom. The molecule has 1 aromatic heterocycles. The van der Waals surface area contributed by atoms with Gasteiger partial charge in [0.1, 0.15) is 0 Å². The number of hydrogen-bond acceptors (Lipinski definition) is 3. The smallest absolute Gasteiger partial charge is 0.0466 e. The van der Waals surface area contributed by atoms with E-state index in [4.69, 9.17) is 5.84 Å². The number of nitrogens with one attached hydrogen (secondary N) is 1. The van der Waals surface area contributed by atoms with Gasteiger partial charge in [0.15, 0.2) is 0 Å². The van der Waals surface area contributed by atoms with Crippen LogP contribution in [0.4, 0.5) is 0 Å². The van der Waals surface area contributed by atoms with Gasteiger partial charge in [0, 0.05) is 18.4 Å². The van der Waals surface area contributed by atoms with Crippen molar-refractivity contribution in [2.45, 2.75) is 32.7 Å². The Kier molecular flexibility index (Phi) is 4.46. The second-order valence-electron chi connectivity index (χ2n) is 3.95. The number of hydrazine groups is 1. The van der Waals surface area contributed by atoms with Gasteiger partial charge in [0.25, 0.3) is 0 Å². The van der Waals surface area contributed by atoms with Crippen LogP contribution in [0.2, 0.25) is 0 Å². The third-order valence-corrected chi connectivity index (χ3v) is 2.50. The van der Waals surface area contributed by atoms with Gasteiger partial charge in [-0.25, -0.2) is 0 Å². The van der Waals surface area contributed by atoms with E-state index in [-0.39, 0.29) is 6.04 Å². The Labute approximate surface area is 91.4 Å². The summed E-state index contributed by atoms with van der Waals surface area (Å²) in [5.74, 6) is 5.56. The van der Waals surface area contributed by atoms with E-state index < -0.39 is 0 Å². The molecule has 0 fully saturated rings. The molecule has 15 heavy (non-hydrogen) atoms. The maximum Gasteiger partial charge on any atom is 0.0466 e. The highest BCUT2D eigenvalue weighted by molar-refractivity contribution is 5.25. The summed E-state index contributed by atoms with van der Waals surface area (Å²) in [5, 5.41) is 0. The summed E-state index contributed by atoms with van der Waals surface area (Å²) >= 11 is 0. The second kappa shape index (κ2) is 5.63. The third-order valence-electron chi connectivity index (χ3n) is 2.50. The molecule has 0 aliphatic heterocycles. The minimum absolute atomic E-state index is 0.185. The average molecular weight is 205 g/mol. The molecule has 1 aromatic rings. The van der Waals surface area contributed by atoms with Gasteiger partial charge in [-0.15, -0.1) is 6.58 Å². The minimum Gasteiger partial charge on any atom is -0.271 e. The van der Waals surface area contributed by atoms with Crippen LogP contribution in [-0.4, -0.2) is 4.98 Å². The Balaban J connectivity index is 2.74. The Morgan fingerprint density at radius 1 is 1.67 bits per heavy atom. The van der Waals surface area contributed by atoms with Crippen molar-refractivity contribution in [3.05, 3.63) is 41.7 Å². The minimum atomic E-state index is 0.185. The van der Waals surface area contributed by atoms with Crippen molar-refractivity contribution in [3.8, 4) is 0 Å². The third kappa shape index (κ3) is 3.46. The highest BCUT2D eigenvalue weighted by atomic mass is 15.2. The highest BCUT2D eigenvalue weighted by Gasteiger charge is 2.11. The van der Waals surface area contributed by atoms with Crippen LogP contribution in [0, 0.1) is 6.92 Å². The maximum absolute atomic E-state index is 5.56. The lowest BCUT2D eigenvalue weighted by Gasteiger charge is -2.18. The van der Waals surface area contributed by atoms with Gasteiger partial charge < -0.3 is 0 Å². The van der Waals surface area contributed by atoms with Crippen LogP contribution in [0.1, 0.15) is 36.9 Å². The number of aryl methyl sites for hydroxylation is 1. The fourth-order valence-corrected chi connectivity index (χ4v) is 1.59. The van der Waals surface area contributed by atoms with E-state index in [0.29, 0.717) is 0 Å². The number of allylic oxidation sites excluding steroid dienone is 1. The van der Waals surface area contributed by atoms with Crippen molar-refractivity contribution >= 4 is 0 Å². The molecule has 3 heteroatoms. The number of aromatic nitrogens is 1. The zero-order chi connectivity index (χ0) is 11.3. The van der Waals surface area contributed by atoms with Crippen LogP contribution in [0.25, 0.3) is 0 Å². The molecule has 3 nitrogen and oxygen atoms in total. The molecule has 0 aromatic carbocycles. The summed E-state index contributed by atoms with van der Waals surface area (Å²) in [4.78, 5) is 4.07. The monoisotopic (exact) mass is 205 g/mol. The maximum atomic E-state index is 5.56. The molecule has 1 atom stereocenters. The zero-order valence-electron chi connectivity index (χ0n) is 9.46. The largest absolute Gasteiger partial charge is 0.271 e. The summed E-state index contributed by atoms with van der Waals surface area (Å²) in [6.45, 7) is 7.98. The van der Waals surface area contributed by atoms with Crippen LogP contribution in [0.5, 0.6) is 0 Å². The first-order valence-corrected chi connectivity index (χ1v) is 5.16. The van der Waals surface area contributed by atoms with E-state index in [9.17, 15) is 0 Å². The molecule has 1 rings (SSSR count). The first-order valence-electron chi connectivity index (χ1n) is 5.16. The SMILES string of the molecule is C=C(C)CCC(NN)c1ccncc1C. The molecule has 1 unspecified atom stereocenters. The first kappa shape index (κ1) is 11.9. The van der Waals surface area contributed by atoms with Crippen LogP contribution in [0.15, 0.2) is 30.6 Å².